The molecule has 2 saturated heterocycles. The molecule has 0 aliphatic carbocycles. The number of carbonyl (C=O) groups excluding carboxylic acids is 2. The molecule has 0 aromatic heterocycles. The predicted octanol–water partition coefficient (Wildman–Crippen LogP) is 0.664. The van der Waals surface area contributed by atoms with Crippen molar-refractivity contribution >= 4 is 17.5 Å². The predicted molar refractivity (Wildman–Crippen MR) is 86.9 cm³/mol. The molecule has 1 aromatic carbocycles. The average Bonchev–Trinajstić information content (AvgIpc) is 2.97. The lowest BCUT2D eigenvalue weighted by molar-refractivity contribution is -0.138. The molecule has 1 unspecified atom stereocenters. The van der Waals surface area contributed by atoms with Gasteiger partial charge in [0.15, 0.2) is 0 Å². The molecule has 6 heteroatoms. The van der Waals surface area contributed by atoms with Gasteiger partial charge in [0.25, 0.3) is 0 Å². The maximum Gasteiger partial charge on any atom is 0.249 e. The number of nitrogens with one attached hydrogen (secondary N) is 1. The lowest BCUT2D eigenvalue weighted by Gasteiger charge is -2.35. The van der Waals surface area contributed by atoms with Crippen LogP contribution >= 0.6 is 0 Å². The third kappa shape index (κ3) is 3.09. The summed E-state index contributed by atoms with van der Waals surface area (Å²) in [4.78, 5) is 27.0. The number of ether oxygens (including phenoxy) is 1. The van der Waals surface area contributed by atoms with Crippen molar-refractivity contribution < 1.29 is 14.3 Å². The van der Waals surface area contributed by atoms with Crippen LogP contribution in [-0.2, 0) is 14.3 Å². The molecule has 2 aliphatic heterocycles. The maximum absolute atomic E-state index is 12.7. The molecule has 6 nitrogen and oxygen atoms in total. The van der Waals surface area contributed by atoms with Gasteiger partial charge in [-0.05, 0) is 31.4 Å². The van der Waals surface area contributed by atoms with Gasteiger partial charge < -0.3 is 20.7 Å². The van der Waals surface area contributed by atoms with Gasteiger partial charge >= 0.3 is 0 Å². The second-order valence-corrected chi connectivity index (χ2v) is 6.24. The Morgan fingerprint density at radius 3 is 2.65 bits per heavy atom. The Morgan fingerprint density at radius 2 is 2.00 bits per heavy atom. The molecule has 23 heavy (non-hydrogen) atoms. The highest BCUT2D eigenvalue weighted by Gasteiger charge is 2.42. The molecule has 0 bridgehead atoms. The van der Waals surface area contributed by atoms with E-state index in [9.17, 15) is 9.59 Å². The molecule has 3 N–H and O–H groups in total. The van der Waals surface area contributed by atoms with E-state index >= 15 is 0 Å². The van der Waals surface area contributed by atoms with Crippen LogP contribution < -0.4 is 16.0 Å². The van der Waals surface area contributed by atoms with Crippen molar-refractivity contribution in [1.29, 1.82) is 0 Å². The fraction of sp³-hybridized carbons (Fsp3) is 0.529. The van der Waals surface area contributed by atoms with Crippen LogP contribution in [0.2, 0.25) is 0 Å². The van der Waals surface area contributed by atoms with Crippen molar-refractivity contribution in [3.63, 3.8) is 0 Å². The van der Waals surface area contributed by atoms with Crippen LogP contribution in [0, 0.1) is 5.41 Å². The first-order valence-electron chi connectivity index (χ1n) is 8.11. The smallest absolute Gasteiger partial charge is 0.249 e. The topological polar surface area (TPSA) is 84.7 Å². The number of carbonyl (C=O) groups is 2. The zero-order valence-corrected chi connectivity index (χ0v) is 13.2. The highest BCUT2D eigenvalue weighted by Crippen LogP contribution is 2.30. The van der Waals surface area contributed by atoms with Crippen molar-refractivity contribution in [2.24, 2.45) is 11.1 Å². The Balaban J connectivity index is 1.67. The van der Waals surface area contributed by atoms with Crippen LogP contribution in [-0.4, -0.2) is 44.2 Å². The summed E-state index contributed by atoms with van der Waals surface area (Å²) in [7, 11) is 0. The lowest BCUT2D eigenvalue weighted by Crippen LogP contribution is -2.53. The number of rotatable bonds is 4. The van der Waals surface area contributed by atoms with Crippen LogP contribution in [0.3, 0.4) is 0 Å². The van der Waals surface area contributed by atoms with Gasteiger partial charge in [0.05, 0.1) is 5.41 Å². The first-order valence-corrected chi connectivity index (χ1v) is 8.11. The standard InChI is InChI=1S/C17H23N3O3/c18-12-17(7-10-23-11-8-17)16(22)19-14-6-9-20(15(14)21)13-4-2-1-3-5-13/h1-5,14H,6-12,18H2,(H,19,22). The molecule has 1 aromatic rings. The van der Waals surface area contributed by atoms with Crippen molar-refractivity contribution in [1.82, 2.24) is 5.32 Å². The summed E-state index contributed by atoms with van der Waals surface area (Å²) in [5.74, 6) is -0.166. The van der Waals surface area contributed by atoms with Crippen LogP contribution in [0.25, 0.3) is 0 Å². The maximum atomic E-state index is 12.7. The minimum atomic E-state index is -0.599. The number of para-hydroxylation sites is 1. The number of hydrogen-bond acceptors (Lipinski definition) is 4. The zero-order chi connectivity index (χ0) is 16.3. The van der Waals surface area contributed by atoms with Gasteiger partial charge in [0, 0.05) is 32.0 Å². The van der Waals surface area contributed by atoms with E-state index in [1.165, 1.54) is 0 Å². The molecular formula is C17H23N3O3. The molecule has 2 heterocycles. The van der Waals surface area contributed by atoms with E-state index in [-0.39, 0.29) is 18.4 Å². The monoisotopic (exact) mass is 317 g/mol. The van der Waals surface area contributed by atoms with Crippen LogP contribution in [0.15, 0.2) is 30.3 Å². The van der Waals surface area contributed by atoms with Crippen molar-refractivity contribution in [3.05, 3.63) is 30.3 Å². The summed E-state index contributed by atoms with van der Waals surface area (Å²) in [6.07, 6.45) is 1.84. The van der Waals surface area contributed by atoms with E-state index in [0.29, 0.717) is 39.0 Å². The summed E-state index contributed by atoms with van der Waals surface area (Å²) < 4.78 is 5.33. The largest absolute Gasteiger partial charge is 0.381 e. The summed E-state index contributed by atoms with van der Waals surface area (Å²) in [5, 5.41) is 2.92. The molecule has 0 saturated carbocycles. The summed E-state index contributed by atoms with van der Waals surface area (Å²) in [6, 6.07) is 9.07. The normalized spacial score (nSPS) is 23.8. The van der Waals surface area contributed by atoms with Gasteiger partial charge in [-0.25, -0.2) is 0 Å². The van der Waals surface area contributed by atoms with Gasteiger partial charge in [0.1, 0.15) is 6.04 Å². The van der Waals surface area contributed by atoms with Crippen LogP contribution in [0.4, 0.5) is 5.69 Å². The molecule has 124 valence electrons. The molecule has 0 radical (unpaired) electrons. The van der Waals surface area contributed by atoms with Crippen molar-refractivity contribution in [3.8, 4) is 0 Å². The average molecular weight is 317 g/mol. The van der Waals surface area contributed by atoms with Crippen LogP contribution in [0.1, 0.15) is 19.3 Å². The minimum absolute atomic E-state index is 0.0521. The third-order valence-corrected chi connectivity index (χ3v) is 4.90. The summed E-state index contributed by atoms with van der Waals surface area (Å²) in [5.41, 5.74) is 6.13. The first-order chi connectivity index (χ1) is 11.2. The van der Waals surface area contributed by atoms with Crippen molar-refractivity contribution in [2.75, 3.05) is 31.2 Å². The van der Waals surface area contributed by atoms with E-state index in [4.69, 9.17) is 10.5 Å². The van der Waals surface area contributed by atoms with Gasteiger partial charge in [-0.3, -0.25) is 9.59 Å². The Morgan fingerprint density at radius 1 is 1.30 bits per heavy atom. The van der Waals surface area contributed by atoms with Gasteiger partial charge in [0.2, 0.25) is 11.8 Å². The van der Waals surface area contributed by atoms with Crippen molar-refractivity contribution in [2.45, 2.75) is 25.3 Å². The molecular weight excluding hydrogens is 294 g/mol. The molecule has 2 amide bonds. The second-order valence-electron chi connectivity index (χ2n) is 6.24. The minimum Gasteiger partial charge on any atom is -0.381 e. The van der Waals surface area contributed by atoms with Gasteiger partial charge in [-0.15, -0.1) is 0 Å². The summed E-state index contributed by atoms with van der Waals surface area (Å²) >= 11 is 0. The highest BCUT2D eigenvalue weighted by atomic mass is 16.5. The van der Waals surface area contributed by atoms with E-state index in [2.05, 4.69) is 5.32 Å². The summed E-state index contributed by atoms with van der Waals surface area (Å²) in [6.45, 7) is 1.98. The van der Waals surface area contributed by atoms with E-state index < -0.39 is 11.5 Å². The SMILES string of the molecule is NCC1(C(=O)NC2CCN(c3ccccc3)C2=O)CCOCC1. The number of nitrogens with two attached hydrogens (primary N) is 1. The number of benzene rings is 1. The number of amides is 2. The molecule has 1 atom stereocenters. The Kier molecular flexibility index (Phi) is 4.63. The van der Waals surface area contributed by atoms with E-state index in [0.717, 1.165) is 5.69 Å². The Hall–Kier alpha value is -1.92. The molecule has 3 rings (SSSR count). The molecule has 2 fully saturated rings. The fourth-order valence-electron chi connectivity index (χ4n) is 3.28. The zero-order valence-electron chi connectivity index (χ0n) is 13.2. The third-order valence-electron chi connectivity index (χ3n) is 4.90. The quantitative estimate of drug-likeness (QED) is 0.854. The van der Waals surface area contributed by atoms with Gasteiger partial charge in [-0.2, -0.15) is 0 Å². The number of anilines is 1. The second kappa shape index (κ2) is 6.68. The molecule has 0 spiro atoms. The Labute approximate surface area is 136 Å². The first kappa shape index (κ1) is 16.0. The Bertz CT molecular complexity index is 570. The van der Waals surface area contributed by atoms with Crippen LogP contribution in [0.5, 0.6) is 0 Å². The number of hydrogen-bond donors (Lipinski definition) is 2. The lowest BCUT2D eigenvalue weighted by atomic mass is 9.79. The van der Waals surface area contributed by atoms with E-state index in [1.54, 1.807) is 4.90 Å². The van der Waals surface area contributed by atoms with E-state index in [1.807, 2.05) is 30.3 Å². The number of nitrogens with zero attached hydrogens (tertiary/aromatic N) is 1. The van der Waals surface area contributed by atoms with Gasteiger partial charge in [-0.1, -0.05) is 18.2 Å². The highest BCUT2D eigenvalue weighted by molar-refractivity contribution is 6.01. The fourth-order valence-corrected chi connectivity index (χ4v) is 3.28. The molecule has 2 aliphatic rings.